The van der Waals surface area contributed by atoms with Crippen LogP contribution in [0.4, 0.5) is 5.82 Å². The largest absolute Gasteiger partial charge is 0.376 e. The minimum atomic E-state index is -0.0670. The average Bonchev–Trinajstić information content (AvgIpc) is 2.51. The van der Waals surface area contributed by atoms with Crippen LogP contribution in [0.5, 0.6) is 0 Å². The maximum absolute atomic E-state index is 5.67. The molecule has 1 aliphatic rings. The van der Waals surface area contributed by atoms with Gasteiger partial charge in [0.1, 0.15) is 5.82 Å². The van der Waals surface area contributed by atoms with Crippen LogP contribution in [0.3, 0.4) is 0 Å². The van der Waals surface area contributed by atoms with Crippen molar-refractivity contribution >= 4 is 17.4 Å². The van der Waals surface area contributed by atoms with Gasteiger partial charge in [-0.1, -0.05) is 11.6 Å². The third-order valence-corrected chi connectivity index (χ3v) is 3.13. The predicted molar refractivity (Wildman–Crippen MR) is 59.1 cm³/mol. The minimum Gasteiger partial charge on any atom is -0.376 e. The molecule has 0 bridgehead atoms. The lowest BCUT2D eigenvalue weighted by molar-refractivity contribution is 0.105. The Labute approximate surface area is 94.0 Å². The molecule has 0 spiro atoms. The monoisotopic (exact) mass is 227 g/mol. The highest BCUT2D eigenvalue weighted by molar-refractivity contribution is 6.29. The zero-order valence-corrected chi connectivity index (χ0v) is 9.58. The SMILES string of the molecule is CC1OCCC1(C)Nc1ccc(Cl)nn1. The van der Waals surface area contributed by atoms with Gasteiger partial charge in [-0.15, -0.1) is 10.2 Å². The second-order valence-electron chi connectivity index (χ2n) is 4.05. The summed E-state index contributed by atoms with van der Waals surface area (Å²) in [6, 6.07) is 3.55. The summed E-state index contributed by atoms with van der Waals surface area (Å²) in [5, 5.41) is 11.5. The van der Waals surface area contributed by atoms with Gasteiger partial charge < -0.3 is 10.1 Å². The molecule has 2 atom stereocenters. The van der Waals surface area contributed by atoms with E-state index in [1.54, 1.807) is 6.07 Å². The standard InChI is InChI=1S/C10H14ClN3O/c1-7-10(2,5-6-15-7)12-9-4-3-8(11)13-14-9/h3-4,7H,5-6H2,1-2H3,(H,12,14). The second kappa shape index (κ2) is 3.94. The number of aromatic nitrogens is 2. The number of hydrogen-bond donors (Lipinski definition) is 1. The van der Waals surface area contributed by atoms with E-state index in [-0.39, 0.29) is 11.6 Å². The smallest absolute Gasteiger partial charge is 0.151 e. The molecule has 1 N–H and O–H groups in total. The molecule has 1 aromatic rings. The molecule has 1 aliphatic heterocycles. The van der Waals surface area contributed by atoms with Gasteiger partial charge in [0, 0.05) is 6.61 Å². The highest BCUT2D eigenvalue weighted by Crippen LogP contribution is 2.28. The Balaban J connectivity index is 2.11. The lowest BCUT2D eigenvalue weighted by Crippen LogP contribution is -2.41. The van der Waals surface area contributed by atoms with Crippen molar-refractivity contribution in [3.05, 3.63) is 17.3 Å². The molecule has 0 aromatic carbocycles. The number of nitrogens with one attached hydrogen (secondary N) is 1. The molecule has 1 fully saturated rings. The normalized spacial score (nSPS) is 30.5. The second-order valence-corrected chi connectivity index (χ2v) is 4.43. The van der Waals surface area contributed by atoms with E-state index in [1.807, 2.05) is 6.07 Å². The summed E-state index contributed by atoms with van der Waals surface area (Å²) in [7, 11) is 0. The molecule has 2 heterocycles. The van der Waals surface area contributed by atoms with Crippen molar-refractivity contribution in [3.8, 4) is 0 Å². The van der Waals surface area contributed by atoms with Crippen LogP contribution < -0.4 is 5.32 Å². The van der Waals surface area contributed by atoms with Crippen molar-refractivity contribution in [1.29, 1.82) is 0 Å². The summed E-state index contributed by atoms with van der Waals surface area (Å²) in [4.78, 5) is 0. The van der Waals surface area contributed by atoms with E-state index in [4.69, 9.17) is 16.3 Å². The Morgan fingerprint density at radius 2 is 2.33 bits per heavy atom. The zero-order valence-electron chi connectivity index (χ0n) is 8.83. The molecule has 5 heteroatoms. The number of hydrogen-bond acceptors (Lipinski definition) is 4. The van der Waals surface area contributed by atoms with Crippen molar-refractivity contribution in [2.75, 3.05) is 11.9 Å². The van der Waals surface area contributed by atoms with Crippen LogP contribution >= 0.6 is 11.6 Å². The maximum Gasteiger partial charge on any atom is 0.151 e. The molecule has 2 unspecified atom stereocenters. The topological polar surface area (TPSA) is 47.0 Å². The Bertz CT molecular complexity index is 343. The molecule has 1 aromatic heterocycles. The quantitative estimate of drug-likeness (QED) is 0.841. The lowest BCUT2D eigenvalue weighted by Gasteiger charge is -2.29. The lowest BCUT2D eigenvalue weighted by atomic mass is 9.95. The fraction of sp³-hybridized carbons (Fsp3) is 0.600. The zero-order chi connectivity index (χ0) is 10.9. The Hall–Kier alpha value is -0.870. The highest BCUT2D eigenvalue weighted by Gasteiger charge is 2.37. The summed E-state index contributed by atoms with van der Waals surface area (Å²) in [5.41, 5.74) is -0.0670. The molecule has 0 saturated carbocycles. The van der Waals surface area contributed by atoms with Gasteiger partial charge >= 0.3 is 0 Å². The molecular weight excluding hydrogens is 214 g/mol. The van der Waals surface area contributed by atoms with Crippen LogP contribution in [-0.4, -0.2) is 28.4 Å². The first-order valence-corrected chi connectivity index (χ1v) is 5.37. The summed E-state index contributed by atoms with van der Waals surface area (Å²) in [5.74, 6) is 0.735. The molecule has 82 valence electrons. The van der Waals surface area contributed by atoms with Gasteiger partial charge in [-0.05, 0) is 32.4 Å². The van der Waals surface area contributed by atoms with E-state index in [0.29, 0.717) is 5.15 Å². The van der Waals surface area contributed by atoms with Gasteiger partial charge in [-0.2, -0.15) is 0 Å². The molecule has 0 aliphatic carbocycles. The van der Waals surface area contributed by atoms with Crippen LogP contribution in [0, 0.1) is 0 Å². The Morgan fingerprint density at radius 3 is 2.87 bits per heavy atom. The van der Waals surface area contributed by atoms with E-state index in [9.17, 15) is 0 Å². The molecule has 15 heavy (non-hydrogen) atoms. The van der Waals surface area contributed by atoms with Gasteiger partial charge in [-0.3, -0.25) is 0 Å². The van der Waals surface area contributed by atoms with Crippen molar-refractivity contribution < 1.29 is 4.74 Å². The minimum absolute atomic E-state index is 0.0670. The number of ether oxygens (including phenoxy) is 1. The third-order valence-electron chi connectivity index (χ3n) is 2.93. The number of anilines is 1. The van der Waals surface area contributed by atoms with E-state index in [1.165, 1.54) is 0 Å². The van der Waals surface area contributed by atoms with E-state index < -0.39 is 0 Å². The highest BCUT2D eigenvalue weighted by atomic mass is 35.5. The van der Waals surface area contributed by atoms with Gasteiger partial charge in [-0.25, -0.2) is 0 Å². The van der Waals surface area contributed by atoms with E-state index in [2.05, 4.69) is 29.4 Å². The van der Waals surface area contributed by atoms with Crippen molar-refractivity contribution in [2.45, 2.75) is 31.9 Å². The van der Waals surface area contributed by atoms with Gasteiger partial charge in [0.25, 0.3) is 0 Å². The van der Waals surface area contributed by atoms with Crippen LogP contribution in [0.15, 0.2) is 12.1 Å². The fourth-order valence-corrected chi connectivity index (χ4v) is 1.78. The summed E-state index contributed by atoms with van der Waals surface area (Å²) in [6.07, 6.45) is 1.15. The van der Waals surface area contributed by atoms with Gasteiger partial charge in [0.15, 0.2) is 5.15 Å². The molecule has 0 radical (unpaired) electrons. The first kappa shape index (κ1) is 10.6. The summed E-state index contributed by atoms with van der Waals surface area (Å²) < 4.78 is 5.53. The average molecular weight is 228 g/mol. The van der Waals surface area contributed by atoms with Crippen LogP contribution in [0.25, 0.3) is 0 Å². The van der Waals surface area contributed by atoms with Crippen LogP contribution in [0.1, 0.15) is 20.3 Å². The molecule has 0 amide bonds. The number of nitrogens with zero attached hydrogens (tertiary/aromatic N) is 2. The van der Waals surface area contributed by atoms with Gasteiger partial charge in [0.2, 0.25) is 0 Å². The van der Waals surface area contributed by atoms with Gasteiger partial charge in [0.05, 0.1) is 11.6 Å². The number of rotatable bonds is 2. The van der Waals surface area contributed by atoms with Crippen LogP contribution in [-0.2, 0) is 4.74 Å². The Morgan fingerprint density at radius 1 is 1.53 bits per heavy atom. The van der Waals surface area contributed by atoms with E-state index >= 15 is 0 Å². The third kappa shape index (κ3) is 2.21. The fourth-order valence-electron chi connectivity index (χ4n) is 1.67. The van der Waals surface area contributed by atoms with Crippen molar-refractivity contribution in [2.24, 2.45) is 0 Å². The van der Waals surface area contributed by atoms with Crippen LogP contribution in [0.2, 0.25) is 5.15 Å². The number of halogens is 1. The van der Waals surface area contributed by atoms with Crippen molar-refractivity contribution in [3.63, 3.8) is 0 Å². The summed E-state index contributed by atoms with van der Waals surface area (Å²) >= 11 is 5.67. The van der Waals surface area contributed by atoms with Crippen molar-refractivity contribution in [1.82, 2.24) is 10.2 Å². The van der Waals surface area contributed by atoms with E-state index in [0.717, 1.165) is 18.8 Å². The molecule has 4 nitrogen and oxygen atoms in total. The maximum atomic E-state index is 5.67. The predicted octanol–water partition coefficient (Wildman–Crippen LogP) is 2.11. The first-order valence-electron chi connectivity index (χ1n) is 4.99. The molecular formula is C10H14ClN3O. The first-order chi connectivity index (χ1) is 7.10. The molecule has 1 saturated heterocycles. The Kier molecular flexibility index (Phi) is 2.80. The molecule has 2 rings (SSSR count). The summed E-state index contributed by atoms with van der Waals surface area (Å²) in [6.45, 7) is 4.97.